The Morgan fingerprint density at radius 2 is 1.62 bits per heavy atom. The number of hydrogen-bond acceptors (Lipinski definition) is 3. The Bertz CT molecular complexity index is 1110. The summed E-state index contributed by atoms with van der Waals surface area (Å²) in [6.07, 6.45) is 1.62. The Morgan fingerprint density at radius 3 is 2.24 bits per heavy atom. The molecule has 0 fully saturated rings. The smallest absolute Gasteiger partial charge is 0.335 e. The number of rotatable bonds is 5. The van der Waals surface area contributed by atoms with Crippen LogP contribution < -0.4 is 5.43 Å². The first-order chi connectivity index (χ1) is 13.8. The van der Waals surface area contributed by atoms with Crippen molar-refractivity contribution in [1.82, 2.24) is 9.99 Å². The first-order valence-corrected chi connectivity index (χ1v) is 9.21. The van der Waals surface area contributed by atoms with Crippen LogP contribution in [0.3, 0.4) is 0 Å². The van der Waals surface area contributed by atoms with Gasteiger partial charge in [-0.1, -0.05) is 17.7 Å². The van der Waals surface area contributed by atoms with E-state index in [2.05, 4.69) is 10.5 Å². The van der Waals surface area contributed by atoms with Gasteiger partial charge in [0.15, 0.2) is 0 Å². The molecular weight excluding hydrogens is 366 g/mol. The fourth-order valence-electron chi connectivity index (χ4n) is 3.26. The molecule has 2 aromatic carbocycles. The number of benzene rings is 2. The largest absolute Gasteiger partial charge is 0.478 e. The van der Waals surface area contributed by atoms with Crippen LogP contribution in [-0.2, 0) is 0 Å². The van der Waals surface area contributed by atoms with Crippen molar-refractivity contribution in [2.45, 2.75) is 27.7 Å². The average Bonchev–Trinajstić information content (AvgIpc) is 2.95. The number of carbonyl (C=O) groups excluding carboxylic acids is 1. The Hall–Kier alpha value is -3.67. The van der Waals surface area contributed by atoms with Gasteiger partial charge in [-0.25, -0.2) is 10.2 Å². The molecule has 1 heterocycles. The lowest BCUT2D eigenvalue weighted by atomic mass is 10.1. The molecule has 6 heteroatoms. The zero-order chi connectivity index (χ0) is 21.1. The van der Waals surface area contributed by atoms with Crippen molar-refractivity contribution in [1.29, 1.82) is 0 Å². The van der Waals surface area contributed by atoms with E-state index in [0.29, 0.717) is 5.56 Å². The highest BCUT2D eigenvalue weighted by molar-refractivity contribution is 5.95. The lowest BCUT2D eigenvalue weighted by Gasteiger charge is -2.13. The monoisotopic (exact) mass is 389 g/mol. The molecule has 3 rings (SSSR count). The zero-order valence-corrected chi connectivity index (χ0v) is 16.9. The van der Waals surface area contributed by atoms with Crippen molar-refractivity contribution in [3.8, 4) is 5.69 Å². The maximum atomic E-state index is 12.2. The molecule has 3 aromatic rings. The van der Waals surface area contributed by atoms with Crippen LogP contribution in [0.15, 0.2) is 53.6 Å². The highest BCUT2D eigenvalue weighted by Gasteiger charge is 2.13. The number of nitrogens with one attached hydrogen (secondary N) is 1. The molecule has 0 atom stereocenters. The molecular formula is C23H23N3O3. The highest BCUT2D eigenvalue weighted by atomic mass is 16.4. The van der Waals surface area contributed by atoms with E-state index in [0.717, 1.165) is 33.8 Å². The van der Waals surface area contributed by atoms with E-state index in [1.807, 2.05) is 50.5 Å². The van der Waals surface area contributed by atoms with Gasteiger partial charge in [0.05, 0.1) is 11.8 Å². The third kappa shape index (κ3) is 4.27. The minimum atomic E-state index is -0.947. The van der Waals surface area contributed by atoms with Gasteiger partial charge in [-0.15, -0.1) is 0 Å². The Labute approximate surface area is 169 Å². The summed E-state index contributed by atoms with van der Waals surface area (Å²) in [5, 5.41) is 13.3. The van der Waals surface area contributed by atoms with Gasteiger partial charge in [0.2, 0.25) is 0 Å². The van der Waals surface area contributed by atoms with Crippen LogP contribution in [0.5, 0.6) is 0 Å². The van der Waals surface area contributed by atoms with E-state index in [1.54, 1.807) is 36.5 Å². The van der Waals surface area contributed by atoms with E-state index >= 15 is 0 Å². The van der Waals surface area contributed by atoms with E-state index in [-0.39, 0.29) is 11.5 Å². The van der Waals surface area contributed by atoms with Crippen LogP contribution in [-0.4, -0.2) is 27.8 Å². The summed E-state index contributed by atoms with van der Waals surface area (Å²) < 4.78 is 2.05. The summed E-state index contributed by atoms with van der Waals surface area (Å²) in [7, 11) is 0. The summed E-state index contributed by atoms with van der Waals surface area (Å²) in [6.45, 7) is 7.78. The molecule has 0 spiro atoms. The van der Waals surface area contributed by atoms with Gasteiger partial charge in [0, 0.05) is 28.2 Å². The number of hydrazone groups is 1. The Balaban J connectivity index is 1.82. The van der Waals surface area contributed by atoms with Crippen molar-refractivity contribution in [3.05, 3.63) is 87.7 Å². The second-order valence-corrected chi connectivity index (χ2v) is 7.03. The van der Waals surface area contributed by atoms with Gasteiger partial charge in [-0.05, 0) is 69.7 Å². The first kappa shape index (κ1) is 20.1. The van der Waals surface area contributed by atoms with Gasteiger partial charge < -0.3 is 9.67 Å². The number of nitrogens with zero attached hydrogens (tertiary/aromatic N) is 2. The number of aromatic nitrogens is 1. The van der Waals surface area contributed by atoms with Crippen LogP contribution in [0.4, 0.5) is 0 Å². The summed E-state index contributed by atoms with van der Waals surface area (Å²) in [5.74, 6) is -1.21. The molecule has 0 unspecified atom stereocenters. The lowest BCUT2D eigenvalue weighted by Crippen LogP contribution is -2.17. The molecule has 29 heavy (non-hydrogen) atoms. The van der Waals surface area contributed by atoms with Gasteiger partial charge >= 0.3 is 5.97 Å². The molecule has 0 radical (unpaired) electrons. The quantitative estimate of drug-likeness (QED) is 0.507. The normalized spacial score (nSPS) is 11.0. The molecule has 0 aliphatic carbocycles. The van der Waals surface area contributed by atoms with E-state index < -0.39 is 5.97 Å². The van der Waals surface area contributed by atoms with E-state index in [4.69, 9.17) is 5.11 Å². The zero-order valence-electron chi connectivity index (χ0n) is 16.9. The van der Waals surface area contributed by atoms with Crippen LogP contribution in [0, 0.1) is 27.7 Å². The molecule has 1 amide bonds. The van der Waals surface area contributed by atoms with Crippen molar-refractivity contribution >= 4 is 18.1 Å². The number of hydrogen-bond donors (Lipinski definition) is 2. The van der Waals surface area contributed by atoms with Crippen LogP contribution in [0.1, 0.15) is 48.8 Å². The number of amides is 1. The molecule has 0 aliphatic heterocycles. The predicted octanol–water partition coefficient (Wildman–Crippen LogP) is 4.17. The van der Waals surface area contributed by atoms with Crippen molar-refractivity contribution < 1.29 is 14.7 Å². The van der Waals surface area contributed by atoms with Gasteiger partial charge in [0.1, 0.15) is 0 Å². The maximum Gasteiger partial charge on any atom is 0.335 e. The minimum absolute atomic E-state index is 0.259. The topological polar surface area (TPSA) is 83.7 Å². The molecule has 148 valence electrons. The third-order valence-electron chi connectivity index (χ3n) is 4.84. The van der Waals surface area contributed by atoms with E-state index in [9.17, 15) is 9.59 Å². The number of carboxylic acid groups (broad SMARTS) is 1. The maximum absolute atomic E-state index is 12.2. The Morgan fingerprint density at radius 1 is 0.966 bits per heavy atom. The summed E-state index contributed by atoms with van der Waals surface area (Å²) in [4.78, 5) is 23.4. The van der Waals surface area contributed by atoms with Crippen LogP contribution in [0.2, 0.25) is 0 Å². The molecule has 0 saturated carbocycles. The molecule has 0 saturated heterocycles. The first-order valence-electron chi connectivity index (χ1n) is 9.21. The van der Waals surface area contributed by atoms with E-state index in [1.165, 1.54) is 0 Å². The minimum Gasteiger partial charge on any atom is -0.478 e. The molecule has 0 aliphatic rings. The average molecular weight is 389 g/mol. The molecule has 2 N–H and O–H groups in total. The van der Waals surface area contributed by atoms with Gasteiger partial charge in [-0.3, -0.25) is 4.79 Å². The SMILES string of the molecule is Cc1ccc(C(=O)N/N=C\c2cc(C)n(-c3ccc(C(=O)O)cc3C)c2C)cc1. The van der Waals surface area contributed by atoms with Crippen molar-refractivity contribution in [2.24, 2.45) is 5.10 Å². The fourth-order valence-corrected chi connectivity index (χ4v) is 3.26. The highest BCUT2D eigenvalue weighted by Crippen LogP contribution is 2.23. The molecule has 6 nitrogen and oxygen atoms in total. The van der Waals surface area contributed by atoms with Gasteiger partial charge in [-0.2, -0.15) is 5.10 Å². The number of carboxylic acids is 1. The predicted molar refractivity (Wildman–Crippen MR) is 113 cm³/mol. The van der Waals surface area contributed by atoms with Crippen LogP contribution in [0.25, 0.3) is 5.69 Å². The van der Waals surface area contributed by atoms with Gasteiger partial charge in [0.25, 0.3) is 5.91 Å². The Kier molecular flexibility index (Phi) is 5.64. The third-order valence-corrected chi connectivity index (χ3v) is 4.84. The summed E-state index contributed by atoms with van der Waals surface area (Å²) in [5.41, 5.74) is 9.02. The summed E-state index contributed by atoms with van der Waals surface area (Å²) in [6, 6.07) is 14.3. The lowest BCUT2D eigenvalue weighted by molar-refractivity contribution is 0.0696. The number of aryl methyl sites for hydroxylation is 3. The van der Waals surface area contributed by atoms with Crippen molar-refractivity contribution in [2.75, 3.05) is 0 Å². The summed E-state index contributed by atoms with van der Waals surface area (Å²) >= 11 is 0. The molecule has 0 bridgehead atoms. The number of aromatic carboxylic acids is 1. The van der Waals surface area contributed by atoms with Crippen LogP contribution >= 0.6 is 0 Å². The van der Waals surface area contributed by atoms with Crippen molar-refractivity contribution in [3.63, 3.8) is 0 Å². The fraction of sp³-hybridized carbons (Fsp3) is 0.174. The second kappa shape index (κ2) is 8.14. The molecule has 1 aromatic heterocycles. The standard InChI is InChI=1S/C23H23N3O3/c1-14-5-7-18(8-6-14)22(27)25-24-13-20-12-16(3)26(17(20)4)21-10-9-19(23(28)29)11-15(21)2/h5-13H,1-4H3,(H,25,27)(H,28,29)/b24-13-. The number of carbonyl (C=O) groups is 2. The second-order valence-electron chi connectivity index (χ2n) is 7.03.